The molecule has 1 unspecified atom stereocenters. The molecule has 0 aliphatic carbocycles. The number of hydrogen-bond acceptors (Lipinski definition) is 8. The summed E-state index contributed by atoms with van der Waals surface area (Å²) in [6.45, 7) is 5.90. The number of pyridine rings is 2. The van der Waals surface area contributed by atoms with Gasteiger partial charge in [0.25, 0.3) is 0 Å². The average Bonchev–Trinajstić information content (AvgIpc) is 2.89. The van der Waals surface area contributed by atoms with Gasteiger partial charge in [-0.25, -0.2) is 18.1 Å². The maximum Gasteiger partial charge on any atom is 0.408 e. The van der Waals surface area contributed by atoms with E-state index in [1.807, 2.05) is 35.2 Å². The van der Waals surface area contributed by atoms with Crippen molar-refractivity contribution in [2.75, 3.05) is 44.2 Å². The van der Waals surface area contributed by atoms with Crippen molar-refractivity contribution >= 4 is 28.8 Å². The van der Waals surface area contributed by atoms with Crippen LogP contribution in [0.3, 0.4) is 0 Å². The summed E-state index contributed by atoms with van der Waals surface area (Å²) in [7, 11) is -3.96. The Morgan fingerprint density at radius 2 is 1.84 bits per heavy atom. The Morgan fingerprint density at radius 3 is 2.47 bits per heavy atom. The van der Waals surface area contributed by atoms with E-state index in [9.17, 15) is 18.2 Å². The number of likely N-dealkylation sites (tertiary alicyclic amines) is 2. The van der Waals surface area contributed by atoms with Crippen LogP contribution in [0.15, 0.2) is 42.7 Å². The number of carbonyl (C=O) groups is 1. The number of rotatable bonds is 10. The van der Waals surface area contributed by atoms with Crippen molar-refractivity contribution < 1.29 is 18.2 Å². The van der Waals surface area contributed by atoms with E-state index < -0.39 is 17.1 Å². The van der Waals surface area contributed by atoms with Gasteiger partial charge in [-0.2, -0.15) is 0 Å². The predicted molar refractivity (Wildman–Crippen MR) is 149 cm³/mol. The Balaban J connectivity index is 1.27. The first kappa shape index (κ1) is 28.5. The molecule has 0 radical (unpaired) electrons. The van der Waals surface area contributed by atoms with E-state index in [0.717, 1.165) is 56.6 Å². The summed E-state index contributed by atoms with van der Waals surface area (Å²) in [4.78, 5) is 26.4. The highest BCUT2D eigenvalue weighted by molar-refractivity contribution is 7.88. The summed E-state index contributed by atoms with van der Waals surface area (Å²) in [5.41, 5.74) is 2.02. The predicted octanol–water partition coefficient (Wildman–Crippen LogP) is 1.78. The standard InChI is InChI=1S/C26H39BN6O4S/c1-27(35)31-25-17-20(6-12-29-25)19-32-13-7-22(8-14-32)26(34)33-15-9-21(10-16-33)23(18-30-38(2,36)37)24-5-3-4-11-28-24/h3-6,11-12,17,21-23,30,35H,7-10,13-16,18-19H2,1-2H3,(H,29,31). The number of nitrogens with one attached hydrogen (secondary N) is 2. The molecular weight excluding hydrogens is 503 g/mol. The lowest BCUT2D eigenvalue weighted by molar-refractivity contribution is -0.138. The van der Waals surface area contributed by atoms with E-state index in [4.69, 9.17) is 0 Å². The van der Waals surface area contributed by atoms with Crippen LogP contribution in [0, 0.1) is 11.8 Å². The molecule has 0 spiro atoms. The molecule has 0 saturated carbocycles. The highest BCUT2D eigenvalue weighted by Crippen LogP contribution is 2.33. The molecule has 2 aromatic heterocycles. The smallest absolute Gasteiger partial charge is 0.408 e. The SMILES string of the molecule is CB(O)Nc1cc(CN2CCC(C(=O)N3CCC(C(CNS(C)(=O)=O)c4ccccn4)CC3)CC2)ccn1. The van der Waals surface area contributed by atoms with Crippen molar-refractivity contribution in [3.8, 4) is 0 Å². The molecule has 4 heterocycles. The van der Waals surface area contributed by atoms with Crippen molar-refractivity contribution in [3.05, 3.63) is 54.0 Å². The van der Waals surface area contributed by atoms with Gasteiger partial charge >= 0.3 is 7.05 Å². The average molecular weight is 543 g/mol. The van der Waals surface area contributed by atoms with Crippen molar-refractivity contribution in [3.63, 3.8) is 0 Å². The molecule has 3 N–H and O–H groups in total. The summed E-state index contributed by atoms with van der Waals surface area (Å²) >= 11 is 0. The molecule has 0 bridgehead atoms. The van der Waals surface area contributed by atoms with Crippen LogP contribution < -0.4 is 9.95 Å². The molecule has 206 valence electrons. The Kier molecular flexibility index (Phi) is 9.75. The Hall–Kier alpha value is -2.54. The maximum absolute atomic E-state index is 13.3. The monoisotopic (exact) mass is 542 g/mol. The van der Waals surface area contributed by atoms with Gasteiger partial charge in [-0.15, -0.1) is 0 Å². The zero-order valence-corrected chi connectivity index (χ0v) is 23.1. The molecule has 10 nitrogen and oxygen atoms in total. The minimum Gasteiger partial charge on any atom is -0.433 e. The quantitative estimate of drug-likeness (QED) is 0.388. The van der Waals surface area contributed by atoms with Crippen molar-refractivity contribution in [1.82, 2.24) is 24.5 Å². The fourth-order valence-corrected chi connectivity index (χ4v) is 6.07. The molecule has 12 heteroatoms. The van der Waals surface area contributed by atoms with Crippen LogP contribution in [0.1, 0.15) is 42.9 Å². The van der Waals surface area contributed by atoms with Crippen LogP contribution in [0.4, 0.5) is 5.82 Å². The highest BCUT2D eigenvalue weighted by Gasteiger charge is 2.34. The molecule has 4 rings (SSSR count). The van der Waals surface area contributed by atoms with Crippen molar-refractivity contribution in [2.24, 2.45) is 11.8 Å². The highest BCUT2D eigenvalue weighted by atomic mass is 32.2. The summed E-state index contributed by atoms with van der Waals surface area (Å²) in [5, 5.41) is 12.4. The fourth-order valence-electron chi connectivity index (χ4n) is 5.59. The number of amides is 1. The van der Waals surface area contributed by atoms with Gasteiger partial charge in [0.15, 0.2) is 0 Å². The number of anilines is 1. The molecule has 2 fully saturated rings. The van der Waals surface area contributed by atoms with Gasteiger partial charge < -0.3 is 15.2 Å². The molecule has 2 aliphatic heterocycles. The Labute approximate surface area is 226 Å². The Bertz CT molecular complexity index is 1150. The van der Waals surface area contributed by atoms with Crippen LogP contribution in [0.25, 0.3) is 0 Å². The summed E-state index contributed by atoms with van der Waals surface area (Å²) in [5.74, 6) is 1.20. The van der Waals surface area contributed by atoms with Gasteiger partial charge in [-0.05, 0) is 81.3 Å². The number of nitrogens with zero attached hydrogens (tertiary/aromatic N) is 4. The van der Waals surface area contributed by atoms with Crippen LogP contribution in [0.5, 0.6) is 0 Å². The Morgan fingerprint density at radius 1 is 1.11 bits per heavy atom. The van der Waals surface area contributed by atoms with E-state index in [-0.39, 0.29) is 23.7 Å². The van der Waals surface area contributed by atoms with Crippen LogP contribution in [0.2, 0.25) is 6.82 Å². The minimum absolute atomic E-state index is 0.0177. The first-order valence-corrected chi connectivity index (χ1v) is 15.3. The molecule has 1 atom stereocenters. The van der Waals surface area contributed by atoms with Crippen molar-refractivity contribution in [2.45, 2.75) is 45.0 Å². The third-order valence-corrected chi connectivity index (χ3v) is 8.27. The minimum atomic E-state index is -3.30. The summed E-state index contributed by atoms with van der Waals surface area (Å²) in [6.07, 6.45) is 8.03. The second-order valence-electron chi connectivity index (χ2n) is 10.6. The molecule has 1 amide bonds. The zero-order valence-electron chi connectivity index (χ0n) is 22.3. The van der Waals surface area contributed by atoms with E-state index >= 15 is 0 Å². The van der Waals surface area contributed by atoms with E-state index in [1.54, 1.807) is 19.2 Å². The second kappa shape index (κ2) is 13.0. The largest absolute Gasteiger partial charge is 0.433 e. The number of carbonyl (C=O) groups excluding carboxylic acids is 1. The zero-order chi connectivity index (χ0) is 27.1. The van der Waals surface area contributed by atoms with Gasteiger partial charge in [-0.1, -0.05) is 6.07 Å². The summed E-state index contributed by atoms with van der Waals surface area (Å²) < 4.78 is 26.1. The second-order valence-corrected chi connectivity index (χ2v) is 12.4. The lowest BCUT2D eigenvalue weighted by Crippen LogP contribution is -2.46. The lowest BCUT2D eigenvalue weighted by Gasteiger charge is -2.39. The fraction of sp³-hybridized carbons (Fsp3) is 0.577. The van der Waals surface area contributed by atoms with E-state index in [1.165, 1.54) is 6.26 Å². The molecule has 0 aromatic carbocycles. The van der Waals surface area contributed by atoms with Crippen molar-refractivity contribution in [1.29, 1.82) is 0 Å². The van der Waals surface area contributed by atoms with Gasteiger partial charge in [0, 0.05) is 56.1 Å². The van der Waals surface area contributed by atoms with E-state index in [0.29, 0.717) is 25.5 Å². The third kappa shape index (κ3) is 8.23. The number of hydrogen-bond donors (Lipinski definition) is 3. The molecule has 2 saturated heterocycles. The van der Waals surface area contributed by atoms with Gasteiger partial charge in [0.2, 0.25) is 15.9 Å². The molecule has 38 heavy (non-hydrogen) atoms. The molecule has 2 aliphatic rings. The number of sulfonamides is 1. The topological polar surface area (TPSA) is 128 Å². The number of aromatic nitrogens is 2. The van der Waals surface area contributed by atoms with E-state index in [2.05, 4.69) is 24.8 Å². The third-order valence-electron chi connectivity index (χ3n) is 7.58. The van der Waals surface area contributed by atoms with Crippen LogP contribution >= 0.6 is 0 Å². The summed E-state index contributed by atoms with van der Waals surface area (Å²) in [6, 6.07) is 9.69. The lowest BCUT2D eigenvalue weighted by atomic mass is 9.81. The van der Waals surface area contributed by atoms with Crippen LogP contribution in [-0.4, -0.2) is 85.1 Å². The van der Waals surface area contributed by atoms with Gasteiger partial charge in [-0.3, -0.25) is 14.7 Å². The molecule has 2 aromatic rings. The molecular formula is C26H39BN6O4S. The maximum atomic E-state index is 13.3. The number of piperidine rings is 2. The first-order valence-electron chi connectivity index (χ1n) is 13.4. The normalized spacial score (nSPS) is 18.8. The van der Waals surface area contributed by atoms with Gasteiger partial charge in [0.1, 0.15) is 5.82 Å². The van der Waals surface area contributed by atoms with Gasteiger partial charge in [0.05, 0.1) is 6.26 Å². The first-order chi connectivity index (χ1) is 18.2. The van der Waals surface area contributed by atoms with Crippen LogP contribution in [-0.2, 0) is 21.4 Å².